The first kappa shape index (κ1) is 14.9. The molecule has 1 aliphatic carbocycles. The van der Waals surface area contributed by atoms with Crippen LogP contribution in [0.2, 0.25) is 0 Å². The van der Waals surface area contributed by atoms with Crippen LogP contribution in [0.3, 0.4) is 0 Å². The van der Waals surface area contributed by atoms with E-state index in [0.717, 1.165) is 30.4 Å². The number of hydrogen-bond acceptors (Lipinski definition) is 5. The smallest absolute Gasteiger partial charge is 0.227 e. The van der Waals surface area contributed by atoms with E-state index in [0.29, 0.717) is 5.25 Å². The maximum Gasteiger partial charge on any atom is 0.227 e. The molecule has 1 saturated carbocycles. The highest BCUT2D eigenvalue weighted by Crippen LogP contribution is 2.38. The first-order valence-electron chi connectivity index (χ1n) is 7.27. The summed E-state index contributed by atoms with van der Waals surface area (Å²) in [5.74, 6) is 2.42. The van der Waals surface area contributed by atoms with Gasteiger partial charge in [-0.1, -0.05) is 38.3 Å². The Kier molecular flexibility index (Phi) is 5.28. The predicted molar refractivity (Wildman–Crippen MR) is 79.0 cm³/mol. The Hall–Kier alpha value is -0.550. The van der Waals surface area contributed by atoms with E-state index in [4.69, 9.17) is 10.3 Å². The summed E-state index contributed by atoms with van der Waals surface area (Å²) in [5.41, 5.74) is 6.20. The Labute approximate surface area is 119 Å². The summed E-state index contributed by atoms with van der Waals surface area (Å²) < 4.78 is 5.40. The molecule has 108 valence electrons. The van der Waals surface area contributed by atoms with Crippen LogP contribution in [0.15, 0.2) is 4.52 Å². The molecule has 2 rings (SSSR count). The normalized spacial score (nSPS) is 18.9. The van der Waals surface area contributed by atoms with Gasteiger partial charge in [0.25, 0.3) is 0 Å². The molecule has 0 radical (unpaired) electrons. The molecule has 0 amide bonds. The number of hydrogen-bond donors (Lipinski definition) is 1. The molecular formula is C14H25N3OS. The van der Waals surface area contributed by atoms with E-state index in [9.17, 15) is 0 Å². The van der Waals surface area contributed by atoms with Crippen molar-refractivity contribution in [2.45, 2.75) is 63.4 Å². The summed E-state index contributed by atoms with van der Waals surface area (Å²) in [5, 5.41) is 4.66. The summed E-state index contributed by atoms with van der Waals surface area (Å²) in [6.45, 7) is 5.08. The molecule has 0 atom stereocenters. The second-order valence-corrected chi connectivity index (χ2v) is 7.47. The molecule has 1 aliphatic rings. The third-order valence-electron chi connectivity index (χ3n) is 3.93. The summed E-state index contributed by atoms with van der Waals surface area (Å²) in [7, 11) is 0. The highest BCUT2D eigenvalue weighted by Gasteiger charge is 2.32. The van der Waals surface area contributed by atoms with Crippen molar-refractivity contribution in [3.63, 3.8) is 0 Å². The van der Waals surface area contributed by atoms with Crippen molar-refractivity contribution in [1.29, 1.82) is 0 Å². The van der Waals surface area contributed by atoms with Crippen molar-refractivity contribution < 1.29 is 4.52 Å². The molecule has 2 N–H and O–H groups in total. The Balaban J connectivity index is 1.94. The molecular weight excluding hydrogens is 258 g/mol. The van der Waals surface area contributed by atoms with Crippen molar-refractivity contribution in [2.24, 2.45) is 11.1 Å². The minimum atomic E-state index is 0.202. The van der Waals surface area contributed by atoms with Crippen LogP contribution in [0.25, 0.3) is 0 Å². The second kappa shape index (κ2) is 6.75. The zero-order chi connectivity index (χ0) is 13.7. The average Bonchev–Trinajstić information content (AvgIpc) is 2.85. The SMILES string of the molecule is CC(C)SCc1noc(CC2(CN)CCCCC2)n1. The van der Waals surface area contributed by atoms with Crippen LogP contribution in [-0.4, -0.2) is 21.9 Å². The van der Waals surface area contributed by atoms with E-state index < -0.39 is 0 Å². The Morgan fingerprint density at radius 1 is 1.32 bits per heavy atom. The highest BCUT2D eigenvalue weighted by atomic mass is 32.2. The molecule has 19 heavy (non-hydrogen) atoms. The number of aromatic nitrogens is 2. The molecule has 0 saturated heterocycles. The van der Waals surface area contributed by atoms with Gasteiger partial charge in [-0.25, -0.2) is 0 Å². The van der Waals surface area contributed by atoms with Crippen molar-refractivity contribution >= 4 is 11.8 Å². The third-order valence-corrected chi connectivity index (χ3v) is 5.02. The maximum atomic E-state index is 6.00. The van der Waals surface area contributed by atoms with E-state index in [1.165, 1.54) is 32.1 Å². The largest absolute Gasteiger partial charge is 0.339 e. The molecule has 4 nitrogen and oxygen atoms in total. The Morgan fingerprint density at radius 3 is 2.68 bits per heavy atom. The number of nitrogens with two attached hydrogens (primary N) is 1. The lowest BCUT2D eigenvalue weighted by Gasteiger charge is -2.34. The van der Waals surface area contributed by atoms with Gasteiger partial charge in [0.15, 0.2) is 5.82 Å². The summed E-state index contributed by atoms with van der Waals surface area (Å²) in [6, 6.07) is 0. The zero-order valence-electron chi connectivity index (χ0n) is 12.0. The monoisotopic (exact) mass is 283 g/mol. The fourth-order valence-corrected chi connectivity index (χ4v) is 3.34. The number of rotatable bonds is 6. The van der Waals surface area contributed by atoms with Gasteiger partial charge in [-0.2, -0.15) is 16.7 Å². The standard InChI is InChI=1S/C14H25N3OS/c1-11(2)19-9-12-16-13(18-17-12)8-14(10-15)6-4-3-5-7-14/h11H,3-10,15H2,1-2H3. The van der Waals surface area contributed by atoms with Crippen LogP contribution in [0.1, 0.15) is 57.7 Å². The van der Waals surface area contributed by atoms with E-state index >= 15 is 0 Å². The van der Waals surface area contributed by atoms with E-state index in [-0.39, 0.29) is 5.41 Å². The first-order valence-corrected chi connectivity index (χ1v) is 8.31. The van der Waals surface area contributed by atoms with Crippen LogP contribution in [0, 0.1) is 5.41 Å². The summed E-state index contributed by atoms with van der Waals surface area (Å²) >= 11 is 1.84. The van der Waals surface area contributed by atoms with Crippen LogP contribution in [-0.2, 0) is 12.2 Å². The predicted octanol–water partition coefficient (Wildman–Crippen LogP) is 3.16. The topological polar surface area (TPSA) is 64.9 Å². The van der Waals surface area contributed by atoms with Gasteiger partial charge in [-0.15, -0.1) is 0 Å². The van der Waals surface area contributed by atoms with Crippen molar-refractivity contribution in [2.75, 3.05) is 6.54 Å². The van der Waals surface area contributed by atoms with Crippen LogP contribution in [0.4, 0.5) is 0 Å². The summed E-state index contributed by atoms with van der Waals surface area (Å²) in [4.78, 5) is 4.52. The van der Waals surface area contributed by atoms with Crippen molar-refractivity contribution in [1.82, 2.24) is 10.1 Å². The van der Waals surface area contributed by atoms with Gasteiger partial charge in [0, 0.05) is 6.42 Å². The van der Waals surface area contributed by atoms with E-state index in [1.54, 1.807) is 0 Å². The minimum absolute atomic E-state index is 0.202. The molecule has 1 fully saturated rings. The van der Waals surface area contributed by atoms with E-state index in [2.05, 4.69) is 24.0 Å². The van der Waals surface area contributed by atoms with Gasteiger partial charge in [-0.05, 0) is 30.1 Å². The molecule has 0 unspecified atom stereocenters. The molecule has 0 aromatic carbocycles. The third kappa shape index (κ3) is 4.21. The fourth-order valence-electron chi connectivity index (χ4n) is 2.74. The molecule has 1 aromatic heterocycles. The quantitative estimate of drug-likeness (QED) is 0.868. The number of nitrogens with zero attached hydrogens (tertiary/aromatic N) is 2. The molecule has 0 bridgehead atoms. The average molecular weight is 283 g/mol. The lowest BCUT2D eigenvalue weighted by Crippen LogP contribution is -2.35. The van der Waals surface area contributed by atoms with Gasteiger partial charge < -0.3 is 10.3 Å². The Bertz CT molecular complexity index is 386. The van der Waals surface area contributed by atoms with Crippen LogP contribution < -0.4 is 5.73 Å². The second-order valence-electron chi connectivity index (χ2n) is 5.91. The first-order chi connectivity index (χ1) is 9.13. The highest BCUT2D eigenvalue weighted by molar-refractivity contribution is 7.99. The van der Waals surface area contributed by atoms with E-state index in [1.807, 2.05) is 11.8 Å². The van der Waals surface area contributed by atoms with Crippen LogP contribution >= 0.6 is 11.8 Å². The van der Waals surface area contributed by atoms with Gasteiger partial charge in [-0.3, -0.25) is 0 Å². The lowest BCUT2D eigenvalue weighted by molar-refractivity contribution is 0.177. The van der Waals surface area contributed by atoms with Crippen LogP contribution in [0.5, 0.6) is 0 Å². The molecule has 1 aromatic rings. The lowest BCUT2D eigenvalue weighted by atomic mass is 9.72. The number of thioether (sulfide) groups is 1. The minimum Gasteiger partial charge on any atom is -0.339 e. The maximum absolute atomic E-state index is 6.00. The summed E-state index contributed by atoms with van der Waals surface area (Å²) in [6.07, 6.45) is 7.14. The molecule has 0 aliphatic heterocycles. The van der Waals surface area contributed by atoms with Gasteiger partial charge >= 0.3 is 0 Å². The van der Waals surface area contributed by atoms with Gasteiger partial charge in [0.05, 0.1) is 5.75 Å². The van der Waals surface area contributed by atoms with Gasteiger partial charge in [0.1, 0.15) is 0 Å². The molecule has 1 heterocycles. The molecule has 0 spiro atoms. The Morgan fingerprint density at radius 2 is 2.05 bits per heavy atom. The fraction of sp³-hybridized carbons (Fsp3) is 0.857. The van der Waals surface area contributed by atoms with Crippen molar-refractivity contribution in [3.8, 4) is 0 Å². The molecule has 5 heteroatoms. The van der Waals surface area contributed by atoms with Gasteiger partial charge in [0.2, 0.25) is 5.89 Å². The van der Waals surface area contributed by atoms with Crippen molar-refractivity contribution in [3.05, 3.63) is 11.7 Å². The zero-order valence-corrected chi connectivity index (χ0v) is 12.8.